The Morgan fingerprint density at radius 2 is 1.78 bits per heavy atom. The van der Waals surface area contributed by atoms with Crippen molar-refractivity contribution in [2.75, 3.05) is 19.6 Å². The zero-order valence-electron chi connectivity index (χ0n) is 18.4. The zero-order valence-corrected chi connectivity index (χ0v) is 19.2. The van der Waals surface area contributed by atoms with Crippen LogP contribution < -0.4 is 5.32 Å². The van der Waals surface area contributed by atoms with Gasteiger partial charge in [-0.2, -0.15) is 0 Å². The average molecular weight is 456 g/mol. The number of fused-ring (bicyclic) bond motifs is 1. The number of amides is 3. The molecule has 2 aromatic carbocycles. The Balaban J connectivity index is 0.00000289. The van der Waals surface area contributed by atoms with Gasteiger partial charge in [0.05, 0.1) is 17.7 Å². The Hall–Kier alpha value is -2.70. The van der Waals surface area contributed by atoms with Gasteiger partial charge in [-0.3, -0.25) is 19.3 Å². The van der Waals surface area contributed by atoms with Gasteiger partial charge >= 0.3 is 0 Å². The van der Waals surface area contributed by atoms with Crippen LogP contribution in [0.3, 0.4) is 0 Å². The number of halogens is 1. The number of benzene rings is 2. The molecule has 2 aromatic rings. The third-order valence-corrected chi connectivity index (χ3v) is 6.26. The number of nitrogens with one attached hydrogen (secondary N) is 1. The number of rotatable bonds is 7. The smallest absolute Gasteiger partial charge is 0.261 e. The first-order chi connectivity index (χ1) is 15.0. The summed E-state index contributed by atoms with van der Waals surface area (Å²) in [4.78, 5) is 41.8. The Morgan fingerprint density at radius 1 is 1.03 bits per heavy atom. The largest absolute Gasteiger partial charge is 0.352 e. The van der Waals surface area contributed by atoms with E-state index in [1.54, 1.807) is 18.2 Å². The Kier molecular flexibility index (Phi) is 8.04. The van der Waals surface area contributed by atoms with E-state index in [1.807, 2.05) is 30.3 Å². The highest BCUT2D eigenvalue weighted by molar-refractivity contribution is 6.22. The SMILES string of the molecule is CC1CCCCN1CCCNC(=O)c1ccc2c(c1)C(=O)N(Cc1ccccc1)C2=O.Cl. The monoisotopic (exact) mass is 455 g/mol. The number of piperidine rings is 1. The lowest BCUT2D eigenvalue weighted by Crippen LogP contribution is -2.39. The number of carbonyl (C=O) groups excluding carboxylic acids is 3. The summed E-state index contributed by atoms with van der Waals surface area (Å²) in [5, 5.41) is 2.95. The van der Waals surface area contributed by atoms with Crippen LogP contribution in [0.1, 0.15) is 69.2 Å². The van der Waals surface area contributed by atoms with E-state index in [0.717, 1.165) is 25.1 Å². The second kappa shape index (κ2) is 10.7. The molecule has 2 aliphatic heterocycles. The molecule has 4 rings (SSSR count). The van der Waals surface area contributed by atoms with Crippen LogP contribution in [0.2, 0.25) is 0 Å². The Labute approximate surface area is 195 Å². The summed E-state index contributed by atoms with van der Waals surface area (Å²) < 4.78 is 0. The van der Waals surface area contributed by atoms with E-state index in [0.29, 0.717) is 29.3 Å². The maximum Gasteiger partial charge on any atom is 0.261 e. The molecule has 0 radical (unpaired) electrons. The van der Waals surface area contributed by atoms with Crippen molar-refractivity contribution in [3.05, 3.63) is 70.8 Å². The number of carbonyl (C=O) groups is 3. The molecule has 2 aliphatic rings. The number of hydrogen-bond acceptors (Lipinski definition) is 4. The van der Waals surface area contributed by atoms with Crippen molar-refractivity contribution in [1.29, 1.82) is 0 Å². The minimum atomic E-state index is -0.349. The van der Waals surface area contributed by atoms with Crippen molar-refractivity contribution >= 4 is 30.1 Å². The van der Waals surface area contributed by atoms with Crippen molar-refractivity contribution in [2.24, 2.45) is 0 Å². The Bertz CT molecular complexity index is 980. The number of likely N-dealkylation sites (tertiary alicyclic amines) is 1. The molecule has 1 unspecified atom stereocenters. The third-order valence-electron chi connectivity index (χ3n) is 6.26. The third kappa shape index (κ3) is 5.19. The molecule has 32 heavy (non-hydrogen) atoms. The van der Waals surface area contributed by atoms with Crippen molar-refractivity contribution in [2.45, 2.75) is 45.2 Å². The summed E-state index contributed by atoms with van der Waals surface area (Å²) >= 11 is 0. The van der Waals surface area contributed by atoms with Crippen LogP contribution in [0.25, 0.3) is 0 Å². The molecule has 1 N–H and O–H groups in total. The van der Waals surface area contributed by atoms with E-state index in [9.17, 15) is 14.4 Å². The molecule has 170 valence electrons. The quantitative estimate of drug-likeness (QED) is 0.507. The molecule has 1 saturated heterocycles. The molecule has 0 aromatic heterocycles. The van der Waals surface area contributed by atoms with Gasteiger partial charge < -0.3 is 10.2 Å². The van der Waals surface area contributed by atoms with Crippen LogP contribution in [-0.2, 0) is 6.54 Å². The van der Waals surface area contributed by atoms with Gasteiger partial charge in [0.25, 0.3) is 17.7 Å². The first kappa shape index (κ1) is 24.0. The topological polar surface area (TPSA) is 69.7 Å². The van der Waals surface area contributed by atoms with Crippen LogP contribution in [0.15, 0.2) is 48.5 Å². The predicted molar refractivity (Wildman–Crippen MR) is 126 cm³/mol. The summed E-state index contributed by atoms with van der Waals surface area (Å²) in [5.74, 6) is -0.875. The second-order valence-electron chi connectivity index (χ2n) is 8.43. The summed E-state index contributed by atoms with van der Waals surface area (Å²) in [5.41, 5.74) is 1.96. The first-order valence-electron chi connectivity index (χ1n) is 11.1. The van der Waals surface area contributed by atoms with Crippen molar-refractivity contribution in [3.8, 4) is 0 Å². The summed E-state index contributed by atoms with van der Waals surface area (Å²) in [6, 6.07) is 14.8. The van der Waals surface area contributed by atoms with Gasteiger partial charge in [0.15, 0.2) is 0 Å². The number of imide groups is 1. The second-order valence-corrected chi connectivity index (χ2v) is 8.43. The summed E-state index contributed by atoms with van der Waals surface area (Å²) in [6.45, 7) is 5.19. The average Bonchev–Trinajstić information content (AvgIpc) is 3.02. The van der Waals surface area contributed by atoms with Crippen LogP contribution in [-0.4, -0.2) is 53.2 Å². The van der Waals surface area contributed by atoms with Gasteiger partial charge in [-0.15, -0.1) is 12.4 Å². The van der Waals surface area contributed by atoms with E-state index in [1.165, 1.54) is 24.2 Å². The van der Waals surface area contributed by atoms with E-state index in [2.05, 4.69) is 17.1 Å². The molecule has 1 atom stereocenters. The van der Waals surface area contributed by atoms with Crippen LogP contribution >= 0.6 is 12.4 Å². The molecule has 0 spiro atoms. The van der Waals surface area contributed by atoms with Crippen molar-refractivity contribution < 1.29 is 14.4 Å². The van der Waals surface area contributed by atoms with Gasteiger partial charge in [0.2, 0.25) is 0 Å². The molecule has 0 saturated carbocycles. The fourth-order valence-corrected chi connectivity index (χ4v) is 4.42. The molecule has 1 fully saturated rings. The maximum atomic E-state index is 12.8. The molecule has 0 aliphatic carbocycles. The van der Waals surface area contributed by atoms with Gasteiger partial charge in [0.1, 0.15) is 0 Å². The summed E-state index contributed by atoms with van der Waals surface area (Å²) in [7, 11) is 0. The lowest BCUT2D eigenvalue weighted by Gasteiger charge is -2.33. The lowest BCUT2D eigenvalue weighted by atomic mass is 10.0. The van der Waals surface area contributed by atoms with E-state index in [4.69, 9.17) is 0 Å². The lowest BCUT2D eigenvalue weighted by molar-refractivity contribution is 0.0642. The number of nitrogens with zero attached hydrogens (tertiary/aromatic N) is 2. The normalized spacial score (nSPS) is 18.3. The van der Waals surface area contributed by atoms with E-state index in [-0.39, 0.29) is 36.7 Å². The summed E-state index contributed by atoms with van der Waals surface area (Å²) in [6.07, 6.45) is 4.69. The van der Waals surface area contributed by atoms with E-state index >= 15 is 0 Å². The minimum absolute atomic E-state index is 0. The zero-order chi connectivity index (χ0) is 21.8. The molecule has 7 heteroatoms. The molecule has 3 amide bonds. The molecule has 0 bridgehead atoms. The van der Waals surface area contributed by atoms with Crippen molar-refractivity contribution in [1.82, 2.24) is 15.1 Å². The standard InChI is InChI=1S/C25H29N3O3.ClH/c1-18-8-5-6-14-27(18)15-7-13-26-23(29)20-11-12-21-22(16-20)25(31)28(24(21)30)17-19-9-3-2-4-10-19;/h2-4,9-12,16,18H,5-8,13-15,17H2,1H3,(H,26,29);1H. The fraction of sp³-hybridized carbons (Fsp3) is 0.400. The maximum absolute atomic E-state index is 12.8. The van der Waals surface area contributed by atoms with Gasteiger partial charge in [0, 0.05) is 24.7 Å². The van der Waals surface area contributed by atoms with Crippen LogP contribution in [0.4, 0.5) is 0 Å². The first-order valence-corrected chi connectivity index (χ1v) is 11.1. The Morgan fingerprint density at radius 3 is 2.53 bits per heavy atom. The van der Waals surface area contributed by atoms with E-state index < -0.39 is 0 Å². The van der Waals surface area contributed by atoms with Gasteiger partial charge in [-0.1, -0.05) is 36.8 Å². The minimum Gasteiger partial charge on any atom is -0.352 e. The highest BCUT2D eigenvalue weighted by atomic mass is 35.5. The van der Waals surface area contributed by atoms with Gasteiger partial charge in [-0.25, -0.2) is 0 Å². The molecular formula is C25H30ClN3O3. The fourth-order valence-electron chi connectivity index (χ4n) is 4.42. The number of hydrogen-bond donors (Lipinski definition) is 1. The predicted octanol–water partition coefficient (Wildman–Crippen LogP) is 3.90. The van der Waals surface area contributed by atoms with Crippen LogP contribution in [0, 0.1) is 0 Å². The van der Waals surface area contributed by atoms with Crippen molar-refractivity contribution in [3.63, 3.8) is 0 Å². The highest BCUT2D eigenvalue weighted by Gasteiger charge is 2.36. The molecule has 2 heterocycles. The highest BCUT2D eigenvalue weighted by Crippen LogP contribution is 2.25. The van der Waals surface area contributed by atoms with Crippen LogP contribution in [0.5, 0.6) is 0 Å². The van der Waals surface area contributed by atoms with Gasteiger partial charge in [-0.05, 0) is 56.5 Å². The molecular weight excluding hydrogens is 426 g/mol. The molecule has 6 nitrogen and oxygen atoms in total.